The topological polar surface area (TPSA) is 42.0 Å². The fourth-order valence-corrected chi connectivity index (χ4v) is 4.74. The zero-order chi connectivity index (χ0) is 22.4. The van der Waals surface area contributed by atoms with Crippen molar-refractivity contribution in [2.45, 2.75) is 50.0 Å². The van der Waals surface area contributed by atoms with Gasteiger partial charge < -0.3 is 14.4 Å². The highest BCUT2D eigenvalue weighted by molar-refractivity contribution is 7.99. The molecule has 1 fully saturated rings. The Labute approximate surface area is 190 Å². The highest BCUT2D eigenvalue weighted by atomic mass is 32.2. The lowest BCUT2D eigenvalue weighted by Gasteiger charge is -2.36. The van der Waals surface area contributed by atoms with Crippen molar-refractivity contribution in [3.63, 3.8) is 0 Å². The van der Waals surface area contributed by atoms with Gasteiger partial charge in [0.2, 0.25) is 0 Å². The average Bonchev–Trinajstić information content (AvgIpc) is 2.75. The summed E-state index contributed by atoms with van der Waals surface area (Å²) < 4.78 is 11.0. The average molecular weight is 443 g/mol. The maximum Gasteiger partial charge on any atom is 0.339 e. The van der Waals surface area contributed by atoms with E-state index < -0.39 is 5.60 Å². The molecule has 1 aliphatic heterocycles. The summed E-state index contributed by atoms with van der Waals surface area (Å²) in [5.41, 5.74) is 2.96. The van der Waals surface area contributed by atoms with Gasteiger partial charge in [-0.15, -0.1) is 0 Å². The molecule has 1 heterocycles. The molecule has 6 heteroatoms. The lowest BCUT2D eigenvalue weighted by molar-refractivity contribution is -0.172. The molecular formula is C25H34N2O3S. The monoisotopic (exact) mass is 442 g/mol. The Bertz CT molecular complexity index is 892. The van der Waals surface area contributed by atoms with Crippen molar-refractivity contribution in [1.82, 2.24) is 4.90 Å². The Hall–Kier alpha value is -2.02. The van der Waals surface area contributed by atoms with Crippen molar-refractivity contribution in [2.24, 2.45) is 0 Å². The fourth-order valence-electron chi connectivity index (χ4n) is 3.70. The highest BCUT2D eigenvalue weighted by Gasteiger charge is 2.30. The Morgan fingerprint density at radius 2 is 1.74 bits per heavy atom. The molecule has 3 rings (SSSR count). The first-order chi connectivity index (χ1) is 14.8. The van der Waals surface area contributed by atoms with Gasteiger partial charge in [-0.3, -0.25) is 4.90 Å². The number of hydrogen-bond donors (Lipinski definition) is 0. The summed E-state index contributed by atoms with van der Waals surface area (Å²) in [5, 5.41) is 0. The van der Waals surface area contributed by atoms with Gasteiger partial charge in [0.05, 0.1) is 5.69 Å². The van der Waals surface area contributed by atoms with E-state index in [0.717, 1.165) is 26.2 Å². The fraction of sp³-hybridized carbons (Fsp3) is 0.480. The summed E-state index contributed by atoms with van der Waals surface area (Å²) in [5.74, 6) is -0.313. The third-order valence-electron chi connectivity index (χ3n) is 5.50. The summed E-state index contributed by atoms with van der Waals surface area (Å²) in [4.78, 5) is 19.4. The van der Waals surface area contributed by atoms with Crippen molar-refractivity contribution in [3.8, 4) is 0 Å². The zero-order valence-electron chi connectivity index (χ0n) is 19.3. The summed E-state index contributed by atoms with van der Waals surface area (Å²) in [7, 11) is 0. The number of esters is 1. The van der Waals surface area contributed by atoms with Gasteiger partial charge in [-0.1, -0.05) is 41.6 Å². The van der Waals surface area contributed by atoms with Gasteiger partial charge >= 0.3 is 5.97 Å². The second kappa shape index (κ2) is 10.5. The van der Waals surface area contributed by atoms with Gasteiger partial charge in [0.15, 0.2) is 5.60 Å². The van der Waals surface area contributed by atoms with Crippen LogP contribution in [0.1, 0.15) is 31.9 Å². The minimum Gasteiger partial charge on any atom is -0.447 e. The van der Waals surface area contributed by atoms with Crippen LogP contribution in [0.5, 0.6) is 0 Å². The minimum absolute atomic E-state index is 0.308. The van der Waals surface area contributed by atoms with Crippen LogP contribution >= 0.6 is 11.8 Å². The predicted molar refractivity (Wildman–Crippen MR) is 127 cm³/mol. The number of carbonyl (C=O) groups excluding carboxylic acids is 1. The van der Waals surface area contributed by atoms with Crippen molar-refractivity contribution in [1.29, 1.82) is 0 Å². The zero-order valence-corrected chi connectivity index (χ0v) is 20.1. The molecule has 1 saturated heterocycles. The van der Waals surface area contributed by atoms with E-state index in [1.54, 1.807) is 13.8 Å². The lowest BCUT2D eigenvalue weighted by atomic mass is 10.1. The van der Waals surface area contributed by atoms with Crippen LogP contribution in [0.25, 0.3) is 0 Å². The number of para-hydroxylation sites is 1. The summed E-state index contributed by atoms with van der Waals surface area (Å²) >= 11 is 1.83. The molecule has 5 nitrogen and oxygen atoms in total. The van der Waals surface area contributed by atoms with Crippen molar-refractivity contribution in [3.05, 3.63) is 53.6 Å². The first-order valence-corrected chi connectivity index (χ1v) is 11.7. The molecule has 0 radical (unpaired) electrons. The van der Waals surface area contributed by atoms with Crippen LogP contribution in [-0.2, 0) is 14.3 Å². The molecule has 2 aromatic rings. The molecule has 1 aliphatic rings. The van der Waals surface area contributed by atoms with E-state index in [2.05, 4.69) is 66.1 Å². The number of ether oxygens (including phenoxy) is 2. The van der Waals surface area contributed by atoms with Crippen LogP contribution < -0.4 is 4.90 Å². The quantitative estimate of drug-likeness (QED) is 0.542. The third kappa shape index (κ3) is 6.25. The number of rotatable bonds is 8. The molecule has 0 bridgehead atoms. The Kier molecular flexibility index (Phi) is 8.03. The smallest absolute Gasteiger partial charge is 0.339 e. The normalized spacial score (nSPS) is 15.2. The molecule has 0 N–H and O–H groups in total. The largest absolute Gasteiger partial charge is 0.447 e. The van der Waals surface area contributed by atoms with Gasteiger partial charge in [-0.05, 0) is 58.4 Å². The van der Waals surface area contributed by atoms with Gasteiger partial charge in [0.1, 0.15) is 6.73 Å². The van der Waals surface area contributed by atoms with E-state index in [4.69, 9.17) is 9.47 Å². The van der Waals surface area contributed by atoms with Gasteiger partial charge in [0, 0.05) is 42.6 Å². The van der Waals surface area contributed by atoms with Gasteiger partial charge in [-0.25, -0.2) is 4.79 Å². The molecule has 0 amide bonds. The molecular weight excluding hydrogens is 408 g/mol. The first-order valence-electron chi connectivity index (χ1n) is 10.9. The maximum absolute atomic E-state index is 12.3. The van der Waals surface area contributed by atoms with E-state index in [0.29, 0.717) is 13.3 Å². The number of piperazine rings is 1. The molecule has 0 unspecified atom stereocenters. The maximum atomic E-state index is 12.3. The van der Waals surface area contributed by atoms with Crippen LogP contribution in [0.15, 0.2) is 52.3 Å². The van der Waals surface area contributed by atoms with E-state index in [1.807, 2.05) is 18.7 Å². The van der Waals surface area contributed by atoms with Crippen LogP contribution in [0.3, 0.4) is 0 Å². The van der Waals surface area contributed by atoms with Gasteiger partial charge in [-0.2, -0.15) is 0 Å². The van der Waals surface area contributed by atoms with Crippen LogP contribution in [0.4, 0.5) is 5.69 Å². The molecule has 0 saturated carbocycles. The molecule has 0 spiro atoms. The number of carbonyl (C=O) groups is 1. The third-order valence-corrected chi connectivity index (χ3v) is 6.75. The Morgan fingerprint density at radius 3 is 2.42 bits per heavy atom. The standard InChI is InChI=1S/C25H34N2O3S/c1-6-30-25(4,5)24(28)29-18-26-13-15-27(16-14-26)21-9-7-8-10-23(21)31-22-12-11-19(2)17-20(22)3/h7-12,17H,6,13-16,18H2,1-5H3. The van der Waals surface area contributed by atoms with Crippen LogP contribution in [-0.4, -0.2) is 56.0 Å². The predicted octanol–water partition coefficient (Wildman–Crippen LogP) is 4.89. The minimum atomic E-state index is -0.902. The molecule has 31 heavy (non-hydrogen) atoms. The Balaban J connectivity index is 1.58. The Morgan fingerprint density at radius 1 is 1.03 bits per heavy atom. The molecule has 0 aromatic heterocycles. The van der Waals surface area contributed by atoms with E-state index in [-0.39, 0.29) is 5.97 Å². The van der Waals surface area contributed by atoms with Crippen LogP contribution in [0.2, 0.25) is 0 Å². The number of anilines is 1. The van der Waals surface area contributed by atoms with Crippen LogP contribution in [0, 0.1) is 13.8 Å². The van der Waals surface area contributed by atoms with Crippen molar-refractivity contribution >= 4 is 23.4 Å². The van der Waals surface area contributed by atoms with Crippen molar-refractivity contribution < 1.29 is 14.3 Å². The number of nitrogens with zero attached hydrogens (tertiary/aromatic N) is 2. The number of benzene rings is 2. The van der Waals surface area contributed by atoms with Crippen molar-refractivity contribution in [2.75, 3.05) is 44.4 Å². The second-order valence-electron chi connectivity index (χ2n) is 8.45. The van der Waals surface area contributed by atoms with Gasteiger partial charge in [0.25, 0.3) is 0 Å². The number of aryl methyl sites for hydroxylation is 2. The number of hydrogen-bond acceptors (Lipinski definition) is 6. The summed E-state index contributed by atoms with van der Waals surface area (Å²) in [6.07, 6.45) is 0. The van der Waals surface area contributed by atoms with E-state index in [1.165, 1.54) is 26.6 Å². The molecule has 0 atom stereocenters. The van der Waals surface area contributed by atoms with E-state index in [9.17, 15) is 4.79 Å². The second-order valence-corrected chi connectivity index (χ2v) is 9.53. The van der Waals surface area contributed by atoms with E-state index >= 15 is 0 Å². The summed E-state index contributed by atoms with van der Waals surface area (Å²) in [6, 6.07) is 15.2. The summed E-state index contributed by atoms with van der Waals surface area (Å²) in [6.45, 7) is 14.0. The molecule has 168 valence electrons. The first kappa shape index (κ1) is 23.6. The SMILES string of the molecule is CCOC(C)(C)C(=O)OCN1CCN(c2ccccc2Sc2ccc(C)cc2C)CC1. The lowest BCUT2D eigenvalue weighted by Crippen LogP contribution is -2.48. The highest BCUT2D eigenvalue weighted by Crippen LogP contribution is 2.37. The molecule has 0 aliphatic carbocycles. The molecule has 2 aromatic carbocycles.